The molecule has 2 aliphatic rings. The standard InChI is InChI=1S/C29H31N7OS/c1-2-8-30-21(4-1)19-34-10-12-35(13-11-34)20-22-18-26-27(38-22)29(36-14-16-37-17-15-36)33-28(32-26)24-5-3-6-25-23(24)7-9-31-25/h1-9,18,31H,10-17,19-20H2. The Bertz CT molecular complexity index is 1530. The SMILES string of the molecule is c1ccc(CN2CCN(Cc3cc4nc(-c5cccc6[nH]ccc56)nc(N5CCOCC5)c4s3)CC2)nc1. The van der Waals surface area contributed by atoms with Crippen LogP contribution in [-0.2, 0) is 17.8 Å². The first-order valence-corrected chi connectivity index (χ1v) is 14.2. The van der Waals surface area contributed by atoms with Crippen LogP contribution in [0.1, 0.15) is 10.6 Å². The summed E-state index contributed by atoms with van der Waals surface area (Å²) < 4.78 is 6.83. The van der Waals surface area contributed by atoms with Gasteiger partial charge in [-0.2, -0.15) is 0 Å². The molecule has 0 aliphatic carbocycles. The molecule has 38 heavy (non-hydrogen) atoms. The van der Waals surface area contributed by atoms with E-state index in [-0.39, 0.29) is 0 Å². The summed E-state index contributed by atoms with van der Waals surface area (Å²) in [6, 6.07) is 16.8. The van der Waals surface area contributed by atoms with Crippen molar-refractivity contribution in [2.75, 3.05) is 57.4 Å². The molecule has 0 atom stereocenters. The van der Waals surface area contributed by atoms with Crippen molar-refractivity contribution in [3.05, 3.63) is 71.5 Å². The Morgan fingerprint density at radius 3 is 2.53 bits per heavy atom. The van der Waals surface area contributed by atoms with E-state index >= 15 is 0 Å². The number of H-pyrrole nitrogens is 1. The minimum absolute atomic E-state index is 0.731. The summed E-state index contributed by atoms with van der Waals surface area (Å²) in [5, 5.41) is 1.15. The van der Waals surface area contributed by atoms with E-state index in [1.807, 2.05) is 29.8 Å². The Balaban J connectivity index is 1.15. The summed E-state index contributed by atoms with van der Waals surface area (Å²) in [7, 11) is 0. The number of ether oxygens (including phenoxy) is 1. The molecule has 8 nitrogen and oxygen atoms in total. The molecule has 194 valence electrons. The monoisotopic (exact) mass is 525 g/mol. The highest BCUT2D eigenvalue weighted by Crippen LogP contribution is 2.36. The molecule has 0 spiro atoms. The van der Waals surface area contributed by atoms with Gasteiger partial charge in [0.1, 0.15) is 0 Å². The van der Waals surface area contributed by atoms with Gasteiger partial charge in [0.05, 0.1) is 29.1 Å². The number of benzene rings is 1. The van der Waals surface area contributed by atoms with Gasteiger partial charge >= 0.3 is 0 Å². The summed E-state index contributed by atoms with van der Waals surface area (Å²) in [6.07, 6.45) is 3.86. The van der Waals surface area contributed by atoms with Gasteiger partial charge in [0.2, 0.25) is 0 Å². The van der Waals surface area contributed by atoms with Gasteiger partial charge in [-0.25, -0.2) is 9.97 Å². The van der Waals surface area contributed by atoms with Crippen LogP contribution >= 0.6 is 11.3 Å². The predicted molar refractivity (Wildman–Crippen MR) is 153 cm³/mol. The van der Waals surface area contributed by atoms with Crippen LogP contribution in [-0.4, -0.2) is 82.2 Å². The maximum Gasteiger partial charge on any atom is 0.162 e. The third-order valence-corrected chi connectivity index (χ3v) is 8.61. The highest BCUT2D eigenvalue weighted by Gasteiger charge is 2.23. The largest absolute Gasteiger partial charge is 0.378 e. The first-order chi connectivity index (χ1) is 18.8. The number of aromatic amines is 1. The van der Waals surface area contributed by atoms with Crippen molar-refractivity contribution in [2.24, 2.45) is 0 Å². The molecule has 1 aromatic carbocycles. The van der Waals surface area contributed by atoms with Crippen molar-refractivity contribution < 1.29 is 4.74 Å². The van der Waals surface area contributed by atoms with E-state index in [1.54, 1.807) is 0 Å². The average Bonchev–Trinajstić information content (AvgIpc) is 3.61. The number of rotatable bonds is 6. The number of nitrogens with one attached hydrogen (secondary N) is 1. The number of hydrogen-bond acceptors (Lipinski definition) is 8. The Labute approximate surface area is 225 Å². The van der Waals surface area contributed by atoms with Crippen molar-refractivity contribution in [1.82, 2.24) is 29.7 Å². The Morgan fingerprint density at radius 2 is 1.71 bits per heavy atom. The fraction of sp³-hybridized carbons (Fsp3) is 0.345. The first-order valence-electron chi connectivity index (χ1n) is 13.3. The number of piperazine rings is 1. The molecule has 4 aromatic heterocycles. The second-order valence-corrected chi connectivity index (χ2v) is 11.2. The van der Waals surface area contributed by atoms with Gasteiger partial charge in [-0.15, -0.1) is 11.3 Å². The van der Waals surface area contributed by atoms with Crippen molar-refractivity contribution in [1.29, 1.82) is 0 Å². The molecule has 2 fully saturated rings. The van der Waals surface area contributed by atoms with Gasteiger partial charge in [0.25, 0.3) is 0 Å². The lowest BCUT2D eigenvalue weighted by atomic mass is 10.1. The second-order valence-electron chi connectivity index (χ2n) is 10.0. The predicted octanol–water partition coefficient (Wildman–Crippen LogP) is 4.39. The lowest BCUT2D eigenvalue weighted by Gasteiger charge is -2.34. The Kier molecular flexibility index (Phi) is 6.50. The zero-order valence-electron chi connectivity index (χ0n) is 21.3. The second kappa shape index (κ2) is 10.4. The summed E-state index contributed by atoms with van der Waals surface area (Å²) in [5.74, 6) is 1.83. The maximum absolute atomic E-state index is 5.65. The molecule has 5 aromatic rings. The number of anilines is 1. The molecule has 7 rings (SSSR count). The number of hydrogen-bond donors (Lipinski definition) is 1. The number of fused-ring (bicyclic) bond motifs is 2. The van der Waals surface area contributed by atoms with Crippen LogP contribution in [0.15, 0.2) is 60.9 Å². The van der Waals surface area contributed by atoms with Crippen molar-refractivity contribution >= 4 is 38.3 Å². The lowest BCUT2D eigenvalue weighted by molar-refractivity contribution is 0.122. The van der Waals surface area contributed by atoms with Crippen LogP contribution in [0.25, 0.3) is 32.5 Å². The average molecular weight is 526 g/mol. The molecule has 1 N–H and O–H groups in total. The Hall–Kier alpha value is -3.37. The molecular weight excluding hydrogens is 494 g/mol. The normalized spacial score (nSPS) is 17.5. The molecular formula is C29H31N7OS. The van der Waals surface area contributed by atoms with Gasteiger partial charge < -0.3 is 14.6 Å². The quantitative estimate of drug-likeness (QED) is 0.353. The maximum atomic E-state index is 5.65. The van der Waals surface area contributed by atoms with Gasteiger partial charge in [0, 0.05) is 86.1 Å². The van der Waals surface area contributed by atoms with Gasteiger partial charge in [-0.1, -0.05) is 18.2 Å². The molecule has 0 unspecified atom stereocenters. The van der Waals surface area contributed by atoms with Crippen LogP contribution in [0.4, 0.5) is 5.82 Å². The summed E-state index contributed by atoms with van der Waals surface area (Å²) in [5.41, 5.74) is 4.35. The molecule has 0 radical (unpaired) electrons. The number of morpholine rings is 1. The van der Waals surface area contributed by atoms with E-state index < -0.39 is 0 Å². The van der Waals surface area contributed by atoms with Crippen LogP contribution in [0.2, 0.25) is 0 Å². The van der Waals surface area contributed by atoms with E-state index in [0.717, 1.165) is 105 Å². The van der Waals surface area contributed by atoms with E-state index in [1.165, 1.54) is 9.58 Å². The zero-order chi connectivity index (χ0) is 25.3. The van der Waals surface area contributed by atoms with E-state index in [9.17, 15) is 0 Å². The highest BCUT2D eigenvalue weighted by atomic mass is 32.1. The van der Waals surface area contributed by atoms with E-state index in [0.29, 0.717) is 0 Å². The van der Waals surface area contributed by atoms with Crippen molar-refractivity contribution in [2.45, 2.75) is 13.1 Å². The van der Waals surface area contributed by atoms with E-state index in [4.69, 9.17) is 14.7 Å². The lowest BCUT2D eigenvalue weighted by Crippen LogP contribution is -2.45. The Morgan fingerprint density at radius 1 is 0.868 bits per heavy atom. The smallest absolute Gasteiger partial charge is 0.162 e. The van der Waals surface area contributed by atoms with E-state index in [2.05, 4.69) is 67.1 Å². The molecule has 2 aliphatic heterocycles. The van der Waals surface area contributed by atoms with Gasteiger partial charge in [-0.3, -0.25) is 14.8 Å². The van der Waals surface area contributed by atoms with Crippen LogP contribution in [0.5, 0.6) is 0 Å². The third-order valence-electron chi connectivity index (χ3n) is 7.51. The van der Waals surface area contributed by atoms with Crippen LogP contribution in [0, 0.1) is 0 Å². The molecule has 0 saturated carbocycles. The van der Waals surface area contributed by atoms with Crippen LogP contribution < -0.4 is 4.90 Å². The summed E-state index contributed by atoms with van der Waals surface area (Å²) in [6.45, 7) is 9.28. The number of nitrogens with zero attached hydrogens (tertiary/aromatic N) is 6. The number of aromatic nitrogens is 4. The fourth-order valence-electron chi connectivity index (χ4n) is 5.48. The molecule has 9 heteroatoms. The van der Waals surface area contributed by atoms with Crippen molar-refractivity contribution in [3.63, 3.8) is 0 Å². The molecule has 2 saturated heterocycles. The minimum atomic E-state index is 0.731. The minimum Gasteiger partial charge on any atom is -0.378 e. The fourth-order valence-corrected chi connectivity index (χ4v) is 6.63. The third kappa shape index (κ3) is 4.78. The topological polar surface area (TPSA) is 73.4 Å². The molecule has 0 bridgehead atoms. The first kappa shape index (κ1) is 23.7. The number of thiophene rings is 1. The number of pyridine rings is 1. The van der Waals surface area contributed by atoms with Crippen LogP contribution in [0.3, 0.4) is 0 Å². The zero-order valence-corrected chi connectivity index (χ0v) is 22.2. The molecule has 6 heterocycles. The van der Waals surface area contributed by atoms with Gasteiger partial charge in [0.15, 0.2) is 11.6 Å². The molecule has 0 amide bonds. The summed E-state index contributed by atoms with van der Waals surface area (Å²) >= 11 is 1.84. The summed E-state index contributed by atoms with van der Waals surface area (Å²) in [4.78, 5) is 26.8. The highest BCUT2D eigenvalue weighted by molar-refractivity contribution is 7.19. The van der Waals surface area contributed by atoms with Crippen molar-refractivity contribution in [3.8, 4) is 11.4 Å². The van der Waals surface area contributed by atoms with Gasteiger partial charge in [-0.05, 0) is 30.3 Å².